The molecule has 2 N–H and O–H groups in total. The van der Waals surface area contributed by atoms with E-state index in [0.29, 0.717) is 16.6 Å². The first-order valence-corrected chi connectivity index (χ1v) is 11.0. The Morgan fingerprint density at radius 3 is 2.70 bits per heavy atom. The minimum Gasteiger partial charge on any atom is -0.303 e. The third kappa shape index (κ3) is 4.55. The van der Waals surface area contributed by atoms with Gasteiger partial charge >= 0.3 is 0 Å². The quantitative estimate of drug-likeness (QED) is 0.683. The van der Waals surface area contributed by atoms with E-state index < -0.39 is 10.1 Å². The number of nitrogens with one attached hydrogen (secondary N) is 2. The Bertz CT molecular complexity index is 921. The number of hydrogen-bond donors (Lipinski definition) is 2. The summed E-state index contributed by atoms with van der Waals surface area (Å²) in [7, 11) is -3.73. The van der Waals surface area contributed by atoms with Crippen LogP contribution in [0.1, 0.15) is 42.9 Å². The van der Waals surface area contributed by atoms with Crippen molar-refractivity contribution in [2.24, 2.45) is 5.92 Å². The fraction of sp³-hybridized carbons (Fsp3) is 0.444. The van der Waals surface area contributed by atoms with Crippen LogP contribution >= 0.6 is 11.3 Å². The Morgan fingerprint density at radius 1 is 1.37 bits per heavy atom. The molecule has 0 saturated heterocycles. The molecule has 0 bridgehead atoms. The van der Waals surface area contributed by atoms with Gasteiger partial charge in [-0.25, -0.2) is 4.98 Å². The lowest BCUT2D eigenvalue weighted by Crippen LogP contribution is -2.19. The molecule has 0 unspecified atom stereocenters. The maximum Gasteiger partial charge on any atom is 0.296 e. The van der Waals surface area contributed by atoms with E-state index >= 15 is 0 Å². The summed E-state index contributed by atoms with van der Waals surface area (Å²) >= 11 is 1.49. The number of hydrogen-bond acceptors (Lipinski definition) is 7. The standard InChI is InChI=1S/C18H23N3O4S2/c1-4-25-27(23,24)13-7-5-12(6-8-13)9-15(22)20-18-21-17-14(26-18)10-19-16(17)11(2)3/h5-8,11,16,19H,4,9-10H2,1-3H3,(H,20,21,22)/t16-/m0/s1. The molecule has 1 aromatic heterocycles. The van der Waals surface area contributed by atoms with Crippen molar-refractivity contribution < 1.29 is 17.4 Å². The van der Waals surface area contributed by atoms with Crippen LogP contribution < -0.4 is 10.6 Å². The number of anilines is 1. The third-order valence-electron chi connectivity index (χ3n) is 4.27. The molecule has 9 heteroatoms. The monoisotopic (exact) mass is 409 g/mol. The molecular formula is C18H23N3O4S2. The normalized spacial score (nSPS) is 16.5. The predicted molar refractivity (Wildman–Crippen MR) is 104 cm³/mol. The first-order chi connectivity index (χ1) is 12.8. The van der Waals surface area contributed by atoms with Crippen molar-refractivity contribution in [1.29, 1.82) is 0 Å². The minimum atomic E-state index is -3.73. The van der Waals surface area contributed by atoms with Gasteiger partial charge in [-0.05, 0) is 30.5 Å². The van der Waals surface area contributed by atoms with Gasteiger partial charge in [0.15, 0.2) is 5.13 Å². The van der Waals surface area contributed by atoms with E-state index in [2.05, 4.69) is 29.5 Å². The van der Waals surface area contributed by atoms with Gasteiger partial charge in [0.2, 0.25) is 5.91 Å². The van der Waals surface area contributed by atoms with E-state index in [1.165, 1.54) is 23.5 Å². The summed E-state index contributed by atoms with van der Waals surface area (Å²) in [6.45, 7) is 6.75. The van der Waals surface area contributed by atoms with E-state index in [0.717, 1.165) is 17.1 Å². The molecule has 1 amide bonds. The molecule has 1 aliphatic heterocycles. The van der Waals surface area contributed by atoms with Gasteiger partial charge in [0, 0.05) is 11.4 Å². The van der Waals surface area contributed by atoms with Gasteiger partial charge in [0.1, 0.15) is 0 Å². The van der Waals surface area contributed by atoms with Crippen LogP contribution in [-0.2, 0) is 32.1 Å². The van der Waals surface area contributed by atoms with Gasteiger partial charge < -0.3 is 10.6 Å². The number of nitrogens with zero attached hydrogens (tertiary/aromatic N) is 1. The zero-order chi connectivity index (χ0) is 19.6. The maximum atomic E-state index is 12.3. The van der Waals surface area contributed by atoms with Gasteiger partial charge in [-0.2, -0.15) is 8.42 Å². The lowest BCUT2D eigenvalue weighted by atomic mass is 10.0. The van der Waals surface area contributed by atoms with Crippen LogP contribution in [0.3, 0.4) is 0 Å². The summed E-state index contributed by atoms with van der Waals surface area (Å²) in [5, 5.41) is 6.87. The molecular weight excluding hydrogens is 386 g/mol. The molecule has 1 aliphatic rings. The van der Waals surface area contributed by atoms with Crippen molar-refractivity contribution in [3.8, 4) is 0 Å². The SMILES string of the molecule is CCOS(=O)(=O)c1ccc(CC(=O)Nc2nc3c(s2)CN[C@H]3C(C)C)cc1. The molecule has 0 saturated carbocycles. The van der Waals surface area contributed by atoms with Crippen LogP contribution in [-0.4, -0.2) is 25.9 Å². The highest BCUT2D eigenvalue weighted by Gasteiger charge is 2.29. The molecule has 1 atom stereocenters. The van der Waals surface area contributed by atoms with Crippen LogP contribution in [0.15, 0.2) is 29.2 Å². The Morgan fingerprint density at radius 2 is 2.07 bits per heavy atom. The number of carbonyl (C=O) groups excluding carboxylic acids is 1. The Kier molecular flexibility index (Phi) is 5.95. The van der Waals surface area contributed by atoms with Crippen molar-refractivity contribution >= 4 is 32.5 Å². The lowest BCUT2D eigenvalue weighted by molar-refractivity contribution is -0.115. The van der Waals surface area contributed by atoms with Gasteiger partial charge in [-0.15, -0.1) is 11.3 Å². The number of fused-ring (bicyclic) bond motifs is 1. The fourth-order valence-electron chi connectivity index (χ4n) is 2.98. The number of aromatic nitrogens is 1. The third-order valence-corrected chi connectivity index (χ3v) is 6.65. The number of amides is 1. The molecule has 7 nitrogen and oxygen atoms in total. The Labute approximate surface area is 163 Å². The summed E-state index contributed by atoms with van der Waals surface area (Å²) in [5.41, 5.74) is 1.74. The molecule has 2 heterocycles. The van der Waals surface area contributed by atoms with Crippen molar-refractivity contribution in [2.75, 3.05) is 11.9 Å². The van der Waals surface area contributed by atoms with Crippen LogP contribution in [0.4, 0.5) is 5.13 Å². The maximum absolute atomic E-state index is 12.3. The molecule has 3 rings (SSSR count). The van der Waals surface area contributed by atoms with Crippen LogP contribution in [0.25, 0.3) is 0 Å². The van der Waals surface area contributed by atoms with Crippen LogP contribution in [0.2, 0.25) is 0 Å². The van der Waals surface area contributed by atoms with Crippen LogP contribution in [0, 0.1) is 5.92 Å². The number of carbonyl (C=O) groups is 1. The molecule has 0 spiro atoms. The van der Waals surface area contributed by atoms with E-state index in [9.17, 15) is 13.2 Å². The minimum absolute atomic E-state index is 0.0806. The first kappa shape index (κ1) is 19.9. The second kappa shape index (κ2) is 8.05. The molecule has 27 heavy (non-hydrogen) atoms. The summed E-state index contributed by atoms with van der Waals surface area (Å²) in [6, 6.07) is 6.36. The highest BCUT2D eigenvalue weighted by atomic mass is 32.2. The topological polar surface area (TPSA) is 97.4 Å². The van der Waals surface area contributed by atoms with E-state index in [4.69, 9.17) is 4.18 Å². The van der Waals surface area contributed by atoms with Crippen molar-refractivity contribution in [3.05, 3.63) is 40.4 Å². The van der Waals surface area contributed by atoms with E-state index in [-0.39, 0.29) is 29.9 Å². The summed E-state index contributed by atoms with van der Waals surface area (Å²) in [5.74, 6) is 0.250. The fourth-order valence-corrected chi connectivity index (χ4v) is 4.87. The molecule has 0 fully saturated rings. The Balaban J connectivity index is 1.63. The molecule has 0 aliphatic carbocycles. The second-order valence-corrected chi connectivity index (χ2v) is 9.36. The number of benzene rings is 1. The highest BCUT2D eigenvalue weighted by molar-refractivity contribution is 7.86. The van der Waals surface area contributed by atoms with Gasteiger partial charge in [0.25, 0.3) is 10.1 Å². The predicted octanol–water partition coefficient (Wildman–Crippen LogP) is 2.85. The largest absolute Gasteiger partial charge is 0.303 e. The summed E-state index contributed by atoms with van der Waals surface area (Å²) in [6.07, 6.45) is 0.144. The highest BCUT2D eigenvalue weighted by Crippen LogP contribution is 2.35. The average molecular weight is 410 g/mol. The number of thiazole rings is 1. The molecule has 1 aromatic carbocycles. The molecule has 2 aromatic rings. The van der Waals surface area contributed by atoms with Gasteiger partial charge in [-0.1, -0.05) is 26.0 Å². The lowest BCUT2D eigenvalue weighted by Gasteiger charge is -2.14. The van der Waals surface area contributed by atoms with Crippen molar-refractivity contribution in [1.82, 2.24) is 10.3 Å². The summed E-state index contributed by atoms with van der Waals surface area (Å²) in [4.78, 5) is 18.1. The van der Waals surface area contributed by atoms with E-state index in [1.807, 2.05) is 0 Å². The second-order valence-electron chi connectivity index (χ2n) is 6.66. The van der Waals surface area contributed by atoms with Crippen LogP contribution in [0.5, 0.6) is 0 Å². The smallest absolute Gasteiger partial charge is 0.296 e. The first-order valence-electron chi connectivity index (χ1n) is 8.81. The van der Waals surface area contributed by atoms with Gasteiger partial charge in [-0.3, -0.25) is 8.98 Å². The van der Waals surface area contributed by atoms with Gasteiger partial charge in [0.05, 0.1) is 29.7 Å². The molecule has 0 radical (unpaired) electrons. The zero-order valence-corrected chi connectivity index (χ0v) is 17.1. The van der Waals surface area contributed by atoms with Crippen molar-refractivity contribution in [2.45, 2.75) is 44.7 Å². The average Bonchev–Trinajstić information content (AvgIpc) is 3.14. The Hall–Kier alpha value is -1.81. The zero-order valence-electron chi connectivity index (χ0n) is 15.5. The molecule has 146 valence electrons. The number of rotatable bonds is 7. The van der Waals surface area contributed by atoms with Crippen molar-refractivity contribution in [3.63, 3.8) is 0 Å². The van der Waals surface area contributed by atoms with E-state index in [1.54, 1.807) is 19.1 Å². The summed E-state index contributed by atoms with van der Waals surface area (Å²) < 4.78 is 28.4.